The van der Waals surface area contributed by atoms with E-state index in [1.165, 1.54) is 12.1 Å². The van der Waals surface area contributed by atoms with E-state index in [2.05, 4.69) is 25.6 Å². The molecule has 208 valence electrons. The molecule has 0 aliphatic carbocycles. The summed E-state index contributed by atoms with van der Waals surface area (Å²) in [6, 6.07) is 12.1. The van der Waals surface area contributed by atoms with E-state index in [0.717, 1.165) is 18.2 Å². The van der Waals surface area contributed by atoms with Crippen LogP contribution in [-0.4, -0.2) is 34.2 Å². The van der Waals surface area contributed by atoms with Crippen molar-refractivity contribution in [3.63, 3.8) is 0 Å². The molecule has 0 spiro atoms. The van der Waals surface area contributed by atoms with E-state index in [1.54, 1.807) is 37.4 Å². The highest BCUT2D eigenvalue weighted by Gasteiger charge is 2.42. The van der Waals surface area contributed by atoms with E-state index in [-0.39, 0.29) is 11.4 Å². The molecule has 0 fully saturated rings. The Morgan fingerprint density at radius 3 is 2.48 bits per heavy atom. The average Bonchev–Trinajstić information content (AvgIpc) is 3.40. The number of hydrogen-bond donors (Lipinski definition) is 4. The van der Waals surface area contributed by atoms with Crippen molar-refractivity contribution in [2.24, 2.45) is 0 Å². The lowest BCUT2D eigenvalue weighted by Crippen LogP contribution is -2.27. The Morgan fingerprint density at radius 2 is 1.82 bits per heavy atom. The third-order valence-electron chi connectivity index (χ3n) is 6.62. The molecule has 12 heteroatoms. The largest absolute Gasteiger partial charge is 0.573 e. The van der Waals surface area contributed by atoms with Crippen LogP contribution < -0.4 is 20.3 Å². The fourth-order valence-corrected chi connectivity index (χ4v) is 5.02. The van der Waals surface area contributed by atoms with Gasteiger partial charge in [-0.1, -0.05) is 26.0 Å². The maximum Gasteiger partial charge on any atom is 0.573 e. The van der Waals surface area contributed by atoms with Crippen LogP contribution in [0.1, 0.15) is 25.1 Å². The van der Waals surface area contributed by atoms with Crippen molar-refractivity contribution in [2.45, 2.75) is 32.5 Å². The zero-order chi connectivity index (χ0) is 28.8. The minimum Gasteiger partial charge on any atom is -0.506 e. The number of nitrogens with one attached hydrogen (secondary N) is 3. The molecule has 0 saturated heterocycles. The summed E-state index contributed by atoms with van der Waals surface area (Å²) in [6.45, 7) is 6.04. The number of phenolic OH excluding ortho intramolecular Hbond substituents is 1. The normalized spacial score (nSPS) is 14.1. The third kappa shape index (κ3) is 5.12. The van der Waals surface area contributed by atoms with E-state index < -0.39 is 29.4 Å². The minimum atomic E-state index is -4.82. The Balaban J connectivity index is 1.46. The number of amides is 2. The van der Waals surface area contributed by atoms with Crippen molar-refractivity contribution in [2.75, 3.05) is 22.1 Å². The first-order valence-corrected chi connectivity index (χ1v) is 12.2. The first kappa shape index (κ1) is 26.9. The van der Waals surface area contributed by atoms with Crippen LogP contribution in [0.2, 0.25) is 0 Å². The molecule has 4 N–H and O–H groups in total. The van der Waals surface area contributed by atoms with Gasteiger partial charge in [0.15, 0.2) is 0 Å². The number of aromatic hydroxyl groups is 1. The highest BCUT2D eigenvalue weighted by atomic mass is 19.4. The van der Waals surface area contributed by atoms with Crippen LogP contribution in [0.4, 0.5) is 45.1 Å². The van der Waals surface area contributed by atoms with Gasteiger partial charge in [0.05, 0.1) is 23.3 Å². The Bertz CT molecular complexity index is 1580. The van der Waals surface area contributed by atoms with Crippen molar-refractivity contribution in [1.29, 1.82) is 0 Å². The van der Waals surface area contributed by atoms with Gasteiger partial charge in [0.25, 0.3) is 0 Å². The van der Waals surface area contributed by atoms with Crippen LogP contribution in [0.5, 0.6) is 11.5 Å². The summed E-state index contributed by atoms with van der Waals surface area (Å²) in [5.74, 6) is -1.24. The molecule has 3 aromatic carbocycles. The SMILES string of the molecule is Cc1[nH]ncc1-c1c(F)cc(O)c2c1C(C)(C)CN2c1ccccc1NC(=O)Nc1ccc(OC(F)(F)F)cc1. The lowest BCUT2D eigenvalue weighted by molar-refractivity contribution is -0.274. The molecule has 0 bridgehead atoms. The highest BCUT2D eigenvalue weighted by Crippen LogP contribution is 2.54. The molecule has 5 rings (SSSR count). The third-order valence-corrected chi connectivity index (χ3v) is 6.62. The van der Waals surface area contributed by atoms with E-state index in [0.29, 0.717) is 46.0 Å². The molecule has 1 aliphatic rings. The first-order chi connectivity index (χ1) is 18.8. The molecule has 1 aliphatic heterocycles. The summed E-state index contributed by atoms with van der Waals surface area (Å²) >= 11 is 0. The molecule has 8 nitrogen and oxygen atoms in total. The number of aryl methyl sites for hydroxylation is 1. The lowest BCUT2D eigenvalue weighted by atomic mass is 9.81. The maximum atomic E-state index is 15.3. The number of hydrogen-bond acceptors (Lipinski definition) is 5. The first-order valence-electron chi connectivity index (χ1n) is 12.2. The van der Waals surface area contributed by atoms with E-state index in [1.807, 2.05) is 18.7 Å². The van der Waals surface area contributed by atoms with Crippen LogP contribution in [-0.2, 0) is 5.41 Å². The fraction of sp³-hybridized carbons (Fsp3) is 0.214. The van der Waals surface area contributed by atoms with Gasteiger partial charge in [-0.05, 0) is 48.9 Å². The Labute approximate surface area is 226 Å². The van der Waals surface area contributed by atoms with Crippen LogP contribution in [0.3, 0.4) is 0 Å². The van der Waals surface area contributed by atoms with Gasteiger partial charge in [-0.15, -0.1) is 13.2 Å². The molecule has 0 unspecified atom stereocenters. The van der Waals surface area contributed by atoms with Crippen LogP contribution in [0, 0.1) is 12.7 Å². The average molecular weight is 556 g/mol. The maximum absolute atomic E-state index is 15.3. The molecule has 4 aromatic rings. The highest BCUT2D eigenvalue weighted by molar-refractivity contribution is 6.03. The predicted molar refractivity (Wildman–Crippen MR) is 143 cm³/mol. The lowest BCUT2D eigenvalue weighted by Gasteiger charge is -2.25. The summed E-state index contributed by atoms with van der Waals surface area (Å²) in [5.41, 5.74) is 3.20. The summed E-state index contributed by atoms with van der Waals surface area (Å²) in [4.78, 5) is 14.7. The van der Waals surface area contributed by atoms with Gasteiger partial charge in [0, 0.05) is 40.5 Å². The number of benzene rings is 3. The number of H-pyrrole nitrogens is 1. The van der Waals surface area contributed by atoms with Gasteiger partial charge >= 0.3 is 12.4 Å². The molecule has 2 heterocycles. The van der Waals surface area contributed by atoms with E-state index >= 15 is 4.39 Å². The number of aromatic amines is 1. The van der Waals surface area contributed by atoms with Gasteiger partial charge in [-0.3, -0.25) is 5.10 Å². The standard InChI is InChI=1S/C28H25F4N5O3/c1-15-18(13-33-36-15)23-19(29)12-22(38)25-24(23)27(2,3)14-37(25)21-7-5-4-6-20(21)35-26(39)34-16-8-10-17(11-9-16)40-28(30,31)32/h4-13,38H,14H2,1-3H3,(H,33,36)(H2,34,35,39). The second kappa shape index (κ2) is 9.78. The van der Waals surface area contributed by atoms with Gasteiger partial charge in [0.1, 0.15) is 17.3 Å². The molecule has 0 saturated carbocycles. The number of carbonyl (C=O) groups is 1. The number of halogens is 4. The number of nitrogens with zero attached hydrogens (tertiary/aromatic N) is 2. The summed E-state index contributed by atoms with van der Waals surface area (Å²) < 4.78 is 56.4. The minimum absolute atomic E-state index is 0.241. The topological polar surface area (TPSA) is 103 Å². The number of anilines is 4. The van der Waals surface area contributed by atoms with Gasteiger partial charge in [-0.25, -0.2) is 9.18 Å². The fourth-order valence-electron chi connectivity index (χ4n) is 5.02. The number of rotatable bonds is 5. The number of aromatic nitrogens is 2. The van der Waals surface area contributed by atoms with Gasteiger partial charge in [-0.2, -0.15) is 5.10 Å². The number of phenols is 1. The predicted octanol–water partition coefficient (Wildman–Crippen LogP) is 7.20. The van der Waals surface area contributed by atoms with Crippen molar-refractivity contribution in [1.82, 2.24) is 10.2 Å². The monoisotopic (exact) mass is 555 g/mol. The van der Waals surface area contributed by atoms with Crippen molar-refractivity contribution >= 4 is 28.8 Å². The number of carbonyl (C=O) groups excluding carboxylic acids is 1. The molecule has 0 radical (unpaired) electrons. The second-order valence-electron chi connectivity index (χ2n) is 10.0. The Kier molecular flexibility index (Phi) is 6.56. The number of alkyl halides is 3. The second-order valence-corrected chi connectivity index (χ2v) is 10.0. The molecule has 0 atom stereocenters. The van der Waals surface area contributed by atoms with Crippen molar-refractivity contribution in [3.05, 3.63) is 77.9 Å². The zero-order valence-corrected chi connectivity index (χ0v) is 21.7. The molecule has 2 amide bonds. The van der Waals surface area contributed by atoms with E-state index in [4.69, 9.17) is 0 Å². The van der Waals surface area contributed by atoms with Crippen LogP contribution >= 0.6 is 0 Å². The zero-order valence-electron chi connectivity index (χ0n) is 21.7. The van der Waals surface area contributed by atoms with Gasteiger partial charge in [0.2, 0.25) is 0 Å². The van der Waals surface area contributed by atoms with Gasteiger partial charge < -0.3 is 25.4 Å². The number of para-hydroxylation sites is 2. The number of urea groups is 1. The van der Waals surface area contributed by atoms with Crippen LogP contribution in [0.25, 0.3) is 11.1 Å². The molecule has 40 heavy (non-hydrogen) atoms. The van der Waals surface area contributed by atoms with Crippen LogP contribution in [0.15, 0.2) is 60.8 Å². The smallest absolute Gasteiger partial charge is 0.506 e. The van der Waals surface area contributed by atoms with E-state index in [9.17, 15) is 23.1 Å². The Hall–Kier alpha value is -4.74. The summed E-state index contributed by atoms with van der Waals surface area (Å²) in [5, 5.41) is 23.1. The summed E-state index contributed by atoms with van der Waals surface area (Å²) in [7, 11) is 0. The summed E-state index contributed by atoms with van der Waals surface area (Å²) in [6.07, 6.45) is -3.28. The number of fused-ring (bicyclic) bond motifs is 1. The molecular formula is C28H25F4N5O3. The molecular weight excluding hydrogens is 530 g/mol. The Morgan fingerprint density at radius 1 is 1.12 bits per heavy atom. The quantitative estimate of drug-likeness (QED) is 0.195. The molecule has 1 aromatic heterocycles. The van der Waals surface area contributed by atoms with Crippen molar-refractivity contribution < 1.29 is 32.2 Å². The number of ether oxygens (including phenoxy) is 1. The van der Waals surface area contributed by atoms with Crippen molar-refractivity contribution in [3.8, 4) is 22.6 Å².